The molecule has 0 unspecified atom stereocenters. The van der Waals surface area contributed by atoms with Crippen molar-refractivity contribution in [2.75, 3.05) is 6.61 Å². The molecule has 0 heterocycles. The molecule has 0 fully saturated rings. The maximum Gasteiger partial charge on any atom is 0.707 e. The number of phenolic OH excluding ortho intramolecular Hbond substituents is 1. The molecule has 0 saturated heterocycles. The Balaban J connectivity index is 2.48. The number of aliphatic hydroxyl groups is 1. The van der Waals surface area contributed by atoms with E-state index in [4.69, 9.17) is 19.8 Å². The highest BCUT2D eigenvalue weighted by Gasteiger charge is 2.17. The van der Waals surface area contributed by atoms with Gasteiger partial charge in [0.05, 0.1) is 0 Å². The van der Waals surface area contributed by atoms with Crippen LogP contribution in [0.25, 0.3) is 11.1 Å². The molecule has 4 N–H and O–H groups in total. The number of rotatable bonds is 6. The minimum Gasteiger partial charge on any atom is -0.511 e. The van der Waals surface area contributed by atoms with Crippen molar-refractivity contribution in [1.29, 1.82) is 0 Å². The summed E-state index contributed by atoms with van der Waals surface area (Å²) in [4.78, 5) is 0. The summed E-state index contributed by atoms with van der Waals surface area (Å²) >= 11 is 0. The smallest absolute Gasteiger partial charge is 0.511 e. The lowest BCUT2D eigenvalue weighted by Gasteiger charge is -2.16. The van der Waals surface area contributed by atoms with E-state index in [1.54, 1.807) is 36.4 Å². The zero-order chi connectivity index (χ0) is 15.2. The van der Waals surface area contributed by atoms with Gasteiger partial charge in [0, 0.05) is 12.2 Å². The standard InChI is InChI=1S/C15H17BO5/c17-10-2-4-11-3-1-5-14(21-16(19)20)15(11)12-6-8-13(18)9-7-12/h1,3,5-9,17-20H,2,4,10H2. The van der Waals surface area contributed by atoms with Gasteiger partial charge < -0.3 is 24.9 Å². The third-order valence-electron chi connectivity index (χ3n) is 3.11. The molecule has 2 aromatic carbocycles. The van der Waals surface area contributed by atoms with Crippen molar-refractivity contribution in [2.24, 2.45) is 0 Å². The van der Waals surface area contributed by atoms with Gasteiger partial charge in [-0.3, -0.25) is 0 Å². The molecule has 5 nitrogen and oxygen atoms in total. The monoisotopic (exact) mass is 288 g/mol. The van der Waals surface area contributed by atoms with Crippen LogP contribution in [-0.4, -0.2) is 34.2 Å². The van der Waals surface area contributed by atoms with E-state index in [2.05, 4.69) is 0 Å². The summed E-state index contributed by atoms with van der Waals surface area (Å²) in [7, 11) is -1.91. The van der Waals surface area contributed by atoms with Crippen molar-refractivity contribution in [1.82, 2.24) is 0 Å². The van der Waals surface area contributed by atoms with Crippen LogP contribution in [-0.2, 0) is 6.42 Å². The van der Waals surface area contributed by atoms with E-state index in [-0.39, 0.29) is 12.4 Å². The van der Waals surface area contributed by atoms with E-state index in [9.17, 15) is 5.11 Å². The number of benzene rings is 2. The molecule has 0 aliphatic rings. The molecule has 0 aromatic heterocycles. The zero-order valence-corrected chi connectivity index (χ0v) is 11.4. The summed E-state index contributed by atoms with van der Waals surface area (Å²) < 4.78 is 5.04. The Morgan fingerprint density at radius 1 is 1.00 bits per heavy atom. The van der Waals surface area contributed by atoms with Crippen LogP contribution in [0, 0.1) is 0 Å². The summed E-state index contributed by atoms with van der Waals surface area (Å²) in [6.45, 7) is 0.0722. The highest BCUT2D eigenvalue weighted by atomic mass is 16.6. The molecule has 21 heavy (non-hydrogen) atoms. The first-order chi connectivity index (χ1) is 10.1. The lowest BCUT2D eigenvalue weighted by molar-refractivity contribution is 0.286. The van der Waals surface area contributed by atoms with Crippen LogP contribution < -0.4 is 4.65 Å². The molecule has 0 spiro atoms. The van der Waals surface area contributed by atoms with Gasteiger partial charge in [0.15, 0.2) is 0 Å². The van der Waals surface area contributed by atoms with Crippen LogP contribution >= 0.6 is 0 Å². The average Bonchev–Trinajstić information content (AvgIpc) is 2.46. The molecular weight excluding hydrogens is 271 g/mol. The molecule has 2 rings (SSSR count). The summed E-state index contributed by atoms with van der Waals surface area (Å²) in [5, 5.41) is 36.5. The zero-order valence-electron chi connectivity index (χ0n) is 11.4. The van der Waals surface area contributed by atoms with E-state index in [0.717, 1.165) is 16.7 Å². The van der Waals surface area contributed by atoms with Crippen molar-refractivity contribution in [3.8, 4) is 22.6 Å². The Morgan fingerprint density at radius 3 is 2.33 bits per heavy atom. The molecule has 2 aromatic rings. The lowest BCUT2D eigenvalue weighted by atomic mass is 9.95. The van der Waals surface area contributed by atoms with Crippen LogP contribution in [0.5, 0.6) is 11.5 Å². The van der Waals surface area contributed by atoms with Crippen LogP contribution in [0.3, 0.4) is 0 Å². The highest BCUT2D eigenvalue weighted by molar-refractivity contribution is 6.34. The van der Waals surface area contributed by atoms with Crippen LogP contribution in [0.4, 0.5) is 0 Å². The third kappa shape index (κ3) is 3.98. The fraction of sp³-hybridized carbons (Fsp3) is 0.200. The molecule has 0 aliphatic carbocycles. The normalized spacial score (nSPS) is 10.4. The number of hydrogen-bond acceptors (Lipinski definition) is 5. The number of aromatic hydroxyl groups is 1. The largest absolute Gasteiger partial charge is 0.707 e. The predicted octanol–water partition coefficient (Wildman–Crippen LogP) is 1.33. The van der Waals surface area contributed by atoms with E-state index in [1.807, 2.05) is 6.07 Å². The van der Waals surface area contributed by atoms with E-state index in [0.29, 0.717) is 18.6 Å². The fourth-order valence-electron chi connectivity index (χ4n) is 2.22. The van der Waals surface area contributed by atoms with Gasteiger partial charge in [0.25, 0.3) is 0 Å². The van der Waals surface area contributed by atoms with Gasteiger partial charge in [-0.1, -0.05) is 24.3 Å². The minimum absolute atomic E-state index is 0.0722. The SMILES string of the molecule is OCCCc1cccc(OB(O)O)c1-c1ccc(O)cc1. The lowest BCUT2D eigenvalue weighted by Crippen LogP contribution is -2.21. The molecule has 0 atom stereocenters. The van der Waals surface area contributed by atoms with Crippen LogP contribution in [0.1, 0.15) is 12.0 Å². The Labute approximate surface area is 123 Å². The molecule has 0 aliphatic heterocycles. The Hall–Kier alpha value is -2.02. The summed E-state index contributed by atoms with van der Waals surface area (Å²) in [5.74, 6) is 0.488. The van der Waals surface area contributed by atoms with Crippen molar-refractivity contribution in [3.05, 3.63) is 48.0 Å². The second-order valence-electron chi connectivity index (χ2n) is 4.61. The van der Waals surface area contributed by atoms with E-state index < -0.39 is 7.32 Å². The van der Waals surface area contributed by atoms with Crippen molar-refractivity contribution in [3.63, 3.8) is 0 Å². The van der Waals surface area contributed by atoms with Crippen molar-refractivity contribution in [2.45, 2.75) is 12.8 Å². The number of aliphatic hydroxyl groups excluding tert-OH is 1. The Kier molecular flexibility index (Phi) is 5.22. The van der Waals surface area contributed by atoms with Gasteiger partial charge in [-0.05, 0) is 42.2 Å². The molecule has 110 valence electrons. The molecule has 6 heteroatoms. The second-order valence-corrected chi connectivity index (χ2v) is 4.61. The van der Waals surface area contributed by atoms with Gasteiger partial charge in [-0.15, -0.1) is 0 Å². The molecule has 0 radical (unpaired) electrons. The minimum atomic E-state index is -1.91. The Morgan fingerprint density at radius 2 is 1.71 bits per heavy atom. The van der Waals surface area contributed by atoms with Gasteiger partial charge in [-0.2, -0.15) is 0 Å². The van der Waals surface area contributed by atoms with Crippen LogP contribution in [0.15, 0.2) is 42.5 Å². The van der Waals surface area contributed by atoms with Crippen molar-refractivity contribution >= 4 is 7.32 Å². The molecule has 0 amide bonds. The predicted molar refractivity (Wildman–Crippen MR) is 79.8 cm³/mol. The second kappa shape index (κ2) is 7.13. The van der Waals surface area contributed by atoms with Crippen molar-refractivity contribution < 1.29 is 24.9 Å². The average molecular weight is 288 g/mol. The summed E-state index contributed by atoms with van der Waals surface area (Å²) in [6, 6.07) is 11.9. The van der Waals surface area contributed by atoms with Gasteiger partial charge in [0.2, 0.25) is 0 Å². The number of hydrogen-bond donors (Lipinski definition) is 4. The first-order valence-corrected chi connectivity index (χ1v) is 6.66. The van der Waals surface area contributed by atoms with Gasteiger partial charge >= 0.3 is 7.32 Å². The van der Waals surface area contributed by atoms with E-state index in [1.165, 1.54) is 0 Å². The summed E-state index contributed by atoms with van der Waals surface area (Å²) in [5.41, 5.74) is 2.43. The topological polar surface area (TPSA) is 90.2 Å². The quantitative estimate of drug-likeness (QED) is 0.602. The highest BCUT2D eigenvalue weighted by Crippen LogP contribution is 2.35. The number of aryl methyl sites for hydroxylation is 1. The molecule has 0 bridgehead atoms. The molecular formula is C15H17BO5. The first kappa shape index (κ1) is 15.4. The fourth-order valence-corrected chi connectivity index (χ4v) is 2.22. The third-order valence-corrected chi connectivity index (χ3v) is 3.11. The maximum absolute atomic E-state index is 9.38. The van der Waals surface area contributed by atoms with Gasteiger partial charge in [-0.25, -0.2) is 0 Å². The van der Waals surface area contributed by atoms with Crippen LogP contribution in [0.2, 0.25) is 0 Å². The van der Waals surface area contributed by atoms with Gasteiger partial charge in [0.1, 0.15) is 11.5 Å². The maximum atomic E-state index is 9.38. The summed E-state index contributed by atoms with van der Waals surface area (Å²) in [6.07, 6.45) is 1.22. The first-order valence-electron chi connectivity index (χ1n) is 6.66. The van der Waals surface area contributed by atoms with E-state index >= 15 is 0 Å². The number of phenols is 1. The Bertz CT molecular complexity index is 583. The molecule has 0 saturated carbocycles.